The SMILES string of the molecule is CCOc1cccn2c(C(=O)N3CCN(C(=O)OC(C)(C)C)CC3)c(C)nc12. The van der Waals surface area contributed by atoms with E-state index in [-0.39, 0.29) is 12.0 Å². The molecule has 152 valence electrons. The zero-order chi connectivity index (χ0) is 20.5. The fraction of sp³-hybridized carbons (Fsp3) is 0.550. The topological polar surface area (TPSA) is 76.4 Å². The molecule has 3 heterocycles. The lowest BCUT2D eigenvalue weighted by Crippen LogP contribution is -2.51. The number of rotatable bonds is 3. The van der Waals surface area contributed by atoms with E-state index in [4.69, 9.17) is 9.47 Å². The summed E-state index contributed by atoms with van der Waals surface area (Å²) in [5.41, 5.74) is 1.29. The summed E-state index contributed by atoms with van der Waals surface area (Å²) in [6.07, 6.45) is 1.48. The van der Waals surface area contributed by atoms with E-state index in [1.54, 1.807) is 14.2 Å². The van der Waals surface area contributed by atoms with Gasteiger partial charge in [-0.25, -0.2) is 9.78 Å². The van der Waals surface area contributed by atoms with Gasteiger partial charge in [-0.3, -0.25) is 9.20 Å². The Bertz CT molecular complexity index is 876. The van der Waals surface area contributed by atoms with E-state index >= 15 is 0 Å². The van der Waals surface area contributed by atoms with Crippen molar-refractivity contribution in [3.63, 3.8) is 0 Å². The number of imidazole rings is 1. The Morgan fingerprint density at radius 1 is 1.14 bits per heavy atom. The van der Waals surface area contributed by atoms with E-state index in [1.807, 2.05) is 52.9 Å². The van der Waals surface area contributed by atoms with Gasteiger partial charge in [0, 0.05) is 32.4 Å². The van der Waals surface area contributed by atoms with Gasteiger partial charge < -0.3 is 19.3 Å². The van der Waals surface area contributed by atoms with Gasteiger partial charge in [0.15, 0.2) is 11.4 Å². The monoisotopic (exact) mass is 388 g/mol. The van der Waals surface area contributed by atoms with Crippen molar-refractivity contribution in [1.82, 2.24) is 19.2 Å². The van der Waals surface area contributed by atoms with Crippen molar-refractivity contribution in [2.45, 2.75) is 40.2 Å². The fourth-order valence-corrected chi connectivity index (χ4v) is 3.25. The van der Waals surface area contributed by atoms with E-state index in [0.717, 1.165) is 0 Å². The first-order valence-corrected chi connectivity index (χ1v) is 9.59. The summed E-state index contributed by atoms with van der Waals surface area (Å²) in [5, 5.41) is 0. The molecule has 2 aromatic heterocycles. The highest BCUT2D eigenvalue weighted by molar-refractivity contribution is 5.95. The minimum atomic E-state index is -0.532. The van der Waals surface area contributed by atoms with Crippen LogP contribution in [0.15, 0.2) is 18.3 Å². The Labute approximate surface area is 165 Å². The third kappa shape index (κ3) is 4.05. The molecular weight excluding hydrogens is 360 g/mol. The summed E-state index contributed by atoms with van der Waals surface area (Å²) in [5.74, 6) is 0.560. The van der Waals surface area contributed by atoms with Crippen LogP contribution >= 0.6 is 0 Å². The van der Waals surface area contributed by atoms with Crippen LogP contribution in [0.25, 0.3) is 5.65 Å². The maximum absolute atomic E-state index is 13.2. The van der Waals surface area contributed by atoms with Crippen LogP contribution < -0.4 is 4.74 Å². The number of carbonyl (C=O) groups is 2. The number of ether oxygens (including phenoxy) is 2. The second-order valence-electron chi connectivity index (χ2n) is 7.80. The van der Waals surface area contributed by atoms with Gasteiger partial charge in [-0.15, -0.1) is 0 Å². The molecule has 8 heteroatoms. The van der Waals surface area contributed by atoms with Crippen LogP contribution in [-0.4, -0.2) is 69.6 Å². The quantitative estimate of drug-likeness (QED) is 0.808. The Hall–Kier alpha value is -2.77. The Morgan fingerprint density at radius 3 is 2.39 bits per heavy atom. The minimum absolute atomic E-state index is 0.0949. The summed E-state index contributed by atoms with van der Waals surface area (Å²) in [4.78, 5) is 33.3. The first-order valence-electron chi connectivity index (χ1n) is 9.59. The van der Waals surface area contributed by atoms with E-state index in [2.05, 4.69) is 4.98 Å². The van der Waals surface area contributed by atoms with Crippen LogP contribution in [0.1, 0.15) is 43.9 Å². The third-order valence-electron chi connectivity index (χ3n) is 4.51. The number of amides is 2. The second-order valence-corrected chi connectivity index (χ2v) is 7.80. The lowest BCUT2D eigenvalue weighted by molar-refractivity contribution is 0.0140. The molecule has 0 atom stereocenters. The molecule has 0 aromatic carbocycles. The van der Waals surface area contributed by atoms with Gasteiger partial charge in [0.2, 0.25) is 0 Å². The number of aromatic nitrogens is 2. The number of piperazine rings is 1. The van der Waals surface area contributed by atoms with E-state index in [9.17, 15) is 9.59 Å². The molecule has 1 fully saturated rings. The van der Waals surface area contributed by atoms with Crippen LogP contribution in [0.4, 0.5) is 4.79 Å². The first-order chi connectivity index (χ1) is 13.2. The second kappa shape index (κ2) is 7.69. The smallest absolute Gasteiger partial charge is 0.410 e. The van der Waals surface area contributed by atoms with Crippen molar-refractivity contribution in [3.8, 4) is 5.75 Å². The number of aryl methyl sites for hydroxylation is 1. The molecule has 0 radical (unpaired) electrons. The molecule has 2 amide bonds. The summed E-state index contributed by atoms with van der Waals surface area (Å²) < 4.78 is 12.8. The number of nitrogens with zero attached hydrogens (tertiary/aromatic N) is 4. The van der Waals surface area contributed by atoms with Gasteiger partial charge in [-0.1, -0.05) is 0 Å². The Kier molecular flexibility index (Phi) is 5.49. The Morgan fingerprint density at radius 2 is 1.79 bits per heavy atom. The zero-order valence-corrected chi connectivity index (χ0v) is 17.2. The number of carbonyl (C=O) groups excluding carboxylic acids is 2. The van der Waals surface area contributed by atoms with Gasteiger partial charge in [-0.05, 0) is 46.8 Å². The molecule has 0 N–H and O–H groups in total. The number of hydrogen-bond acceptors (Lipinski definition) is 5. The van der Waals surface area contributed by atoms with Crippen molar-refractivity contribution < 1.29 is 19.1 Å². The van der Waals surface area contributed by atoms with Crippen molar-refractivity contribution in [2.75, 3.05) is 32.8 Å². The molecule has 1 aliphatic rings. The maximum Gasteiger partial charge on any atom is 0.410 e. The van der Waals surface area contributed by atoms with Gasteiger partial charge >= 0.3 is 6.09 Å². The van der Waals surface area contributed by atoms with Crippen molar-refractivity contribution in [1.29, 1.82) is 0 Å². The average molecular weight is 388 g/mol. The highest BCUT2D eigenvalue weighted by atomic mass is 16.6. The minimum Gasteiger partial charge on any atom is -0.490 e. The highest BCUT2D eigenvalue weighted by Crippen LogP contribution is 2.23. The molecule has 0 bridgehead atoms. The van der Waals surface area contributed by atoms with Crippen LogP contribution in [0.5, 0.6) is 5.75 Å². The molecule has 0 aliphatic carbocycles. The molecule has 1 aliphatic heterocycles. The Balaban J connectivity index is 1.75. The van der Waals surface area contributed by atoms with Crippen molar-refractivity contribution >= 4 is 17.6 Å². The molecule has 28 heavy (non-hydrogen) atoms. The molecule has 1 saturated heterocycles. The largest absolute Gasteiger partial charge is 0.490 e. The molecule has 0 saturated carbocycles. The van der Waals surface area contributed by atoms with E-state index in [0.29, 0.717) is 55.6 Å². The normalized spacial score (nSPS) is 15.0. The van der Waals surface area contributed by atoms with Gasteiger partial charge in [-0.2, -0.15) is 0 Å². The maximum atomic E-state index is 13.2. The zero-order valence-electron chi connectivity index (χ0n) is 17.2. The first kappa shape index (κ1) is 20.0. The third-order valence-corrected chi connectivity index (χ3v) is 4.51. The van der Waals surface area contributed by atoms with Crippen LogP contribution in [-0.2, 0) is 4.74 Å². The number of pyridine rings is 1. The molecule has 0 unspecified atom stereocenters. The van der Waals surface area contributed by atoms with E-state index < -0.39 is 5.60 Å². The van der Waals surface area contributed by atoms with Gasteiger partial charge in [0.05, 0.1) is 12.3 Å². The van der Waals surface area contributed by atoms with Crippen LogP contribution in [0.2, 0.25) is 0 Å². The van der Waals surface area contributed by atoms with Crippen LogP contribution in [0.3, 0.4) is 0 Å². The summed E-state index contributed by atoms with van der Waals surface area (Å²) in [7, 11) is 0. The molecule has 8 nitrogen and oxygen atoms in total. The standard InChI is InChI=1S/C20H28N4O4/c1-6-27-15-8-7-9-24-16(14(2)21-17(15)24)18(25)22-10-12-23(13-11-22)19(26)28-20(3,4)5/h7-9H,6,10-13H2,1-5H3. The van der Waals surface area contributed by atoms with Gasteiger partial charge in [0.1, 0.15) is 11.3 Å². The predicted molar refractivity (Wildman–Crippen MR) is 105 cm³/mol. The van der Waals surface area contributed by atoms with E-state index in [1.165, 1.54) is 0 Å². The summed E-state index contributed by atoms with van der Waals surface area (Å²) >= 11 is 0. The molecule has 3 rings (SSSR count). The van der Waals surface area contributed by atoms with Gasteiger partial charge in [0.25, 0.3) is 5.91 Å². The summed E-state index contributed by atoms with van der Waals surface area (Å²) in [6, 6.07) is 3.69. The lowest BCUT2D eigenvalue weighted by atomic mass is 10.2. The fourth-order valence-electron chi connectivity index (χ4n) is 3.25. The molecule has 2 aromatic rings. The number of fused-ring (bicyclic) bond motifs is 1. The molecule has 0 spiro atoms. The van der Waals surface area contributed by atoms with Crippen molar-refractivity contribution in [2.24, 2.45) is 0 Å². The average Bonchev–Trinajstić information content (AvgIpc) is 2.97. The highest BCUT2D eigenvalue weighted by Gasteiger charge is 2.30. The van der Waals surface area contributed by atoms with Crippen molar-refractivity contribution in [3.05, 3.63) is 29.7 Å². The van der Waals surface area contributed by atoms with Crippen LogP contribution in [0, 0.1) is 6.92 Å². The lowest BCUT2D eigenvalue weighted by Gasteiger charge is -2.35. The molecular formula is C20H28N4O4. The summed E-state index contributed by atoms with van der Waals surface area (Å²) in [6.45, 7) is 11.6. The predicted octanol–water partition coefficient (Wildman–Crippen LogP) is 2.73. The number of hydrogen-bond donors (Lipinski definition) is 0.